The number of fused-ring (bicyclic) bond motifs is 3. The van der Waals surface area contributed by atoms with E-state index < -0.39 is 0 Å². The third-order valence-corrected chi connectivity index (χ3v) is 6.57. The Morgan fingerprint density at radius 1 is 1.19 bits per heavy atom. The minimum atomic E-state index is 0.425. The van der Waals surface area contributed by atoms with Gasteiger partial charge in [-0.05, 0) is 61.3 Å². The average Bonchev–Trinajstić information content (AvgIpc) is 3.01. The molecule has 3 N–H and O–H groups in total. The first kappa shape index (κ1) is 18.1. The molecule has 2 aliphatic rings. The maximum Gasteiger partial charge on any atom is 0.0658 e. The number of aromatic nitrogens is 2. The van der Waals surface area contributed by atoms with E-state index in [-0.39, 0.29) is 0 Å². The highest BCUT2D eigenvalue weighted by Gasteiger charge is 2.43. The zero-order chi connectivity index (χ0) is 19.0. The van der Waals surface area contributed by atoms with Crippen molar-refractivity contribution in [2.75, 3.05) is 11.9 Å². The lowest BCUT2D eigenvalue weighted by molar-refractivity contribution is 0.0205. The van der Waals surface area contributed by atoms with E-state index in [9.17, 15) is 0 Å². The molecule has 2 unspecified atom stereocenters. The number of nitrogens with zero attached hydrogens (tertiary/aromatic N) is 1. The second-order valence-electron chi connectivity index (χ2n) is 9.22. The number of nitrogens with one attached hydrogen (secondary N) is 3. The monoisotopic (exact) mass is 364 g/mol. The maximum absolute atomic E-state index is 4.24. The van der Waals surface area contributed by atoms with Crippen LogP contribution in [0.2, 0.25) is 0 Å². The van der Waals surface area contributed by atoms with Gasteiger partial charge in [-0.2, -0.15) is 0 Å². The smallest absolute Gasteiger partial charge is 0.0658 e. The van der Waals surface area contributed by atoms with Crippen LogP contribution in [-0.2, 0) is 0 Å². The van der Waals surface area contributed by atoms with Gasteiger partial charge in [-0.25, -0.2) is 0 Å². The second kappa shape index (κ2) is 7.06. The summed E-state index contributed by atoms with van der Waals surface area (Å²) in [6, 6.07) is 1.97. The van der Waals surface area contributed by atoms with Crippen molar-refractivity contribution in [2.45, 2.75) is 46.0 Å². The molecule has 0 spiro atoms. The van der Waals surface area contributed by atoms with Gasteiger partial charge in [-0.1, -0.05) is 27.0 Å². The average molecular weight is 365 g/mol. The fraction of sp³-hybridized carbons (Fsp3) is 0.522. The zero-order valence-corrected chi connectivity index (χ0v) is 16.6. The van der Waals surface area contributed by atoms with Gasteiger partial charge in [0.15, 0.2) is 0 Å². The zero-order valence-electron chi connectivity index (χ0n) is 16.6. The molecule has 2 heterocycles. The Morgan fingerprint density at radius 2 is 1.93 bits per heavy atom. The molecule has 4 nitrogen and oxygen atoms in total. The van der Waals surface area contributed by atoms with Crippen molar-refractivity contribution in [3.63, 3.8) is 0 Å². The molecule has 0 saturated heterocycles. The van der Waals surface area contributed by atoms with E-state index >= 15 is 0 Å². The largest absolute Gasteiger partial charge is 0.383 e. The molecule has 2 saturated carbocycles. The first-order valence-electron chi connectivity index (χ1n) is 10.2. The Kier molecular flexibility index (Phi) is 4.75. The van der Waals surface area contributed by atoms with Gasteiger partial charge in [0.2, 0.25) is 0 Å². The predicted molar refractivity (Wildman–Crippen MR) is 113 cm³/mol. The number of rotatable bonds is 6. The third kappa shape index (κ3) is 3.76. The third-order valence-electron chi connectivity index (χ3n) is 6.57. The molecule has 0 aliphatic heterocycles. The standard InChI is InChI=1S/C23H32N4/c1-15-7-19-8-16(2)10-23(9-15,11-19)14-26-17(3)18(4)27-22-13-25-21-5-6-24-12-20(21)22/h5-6,12-13,15-16,19,25-27H,3-4,7-11,14H2,1-2H3. The molecule has 0 radical (unpaired) electrons. The van der Waals surface area contributed by atoms with Gasteiger partial charge in [0, 0.05) is 30.5 Å². The highest BCUT2D eigenvalue weighted by molar-refractivity contribution is 5.92. The van der Waals surface area contributed by atoms with Gasteiger partial charge >= 0.3 is 0 Å². The van der Waals surface area contributed by atoms with E-state index in [1.165, 1.54) is 32.1 Å². The lowest BCUT2D eigenvalue weighted by atomic mass is 9.57. The van der Waals surface area contributed by atoms with Crippen LogP contribution in [0.5, 0.6) is 0 Å². The molecule has 27 heavy (non-hydrogen) atoms. The van der Waals surface area contributed by atoms with Crippen LogP contribution < -0.4 is 10.6 Å². The summed E-state index contributed by atoms with van der Waals surface area (Å²) in [4.78, 5) is 7.48. The molecule has 2 bridgehead atoms. The van der Waals surface area contributed by atoms with Gasteiger partial charge < -0.3 is 15.6 Å². The molecule has 2 aromatic rings. The maximum atomic E-state index is 4.24. The number of aromatic amines is 1. The lowest BCUT2D eigenvalue weighted by Gasteiger charge is -2.50. The Hall–Kier alpha value is -2.23. The van der Waals surface area contributed by atoms with E-state index in [1.54, 1.807) is 6.20 Å². The molecule has 2 atom stereocenters. The van der Waals surface area contributed by atoms with Gasteiger partial charge in [-0.15, -0.1) is 0 Å². The van der Waals surface area contributed by atoms with Crippen LogP contribution in [0.1, 0.15) is 46.0 Å². The minimum Gasteiger partial charge on any atom is -0.383 e. The number of hydrogen-bond donors (Lipinski definition) is 3. The Labute approximate surface area is 162 Å². The number of hydrogen-bond acceptors (Lipinski definition) is 3. The SMILES string of the molecule is C=C(NCC12CC(C)CC(CC(C)C1)C2)C(=C)Nc1c[nH]c2ccncc12. The highest BCUT2D eigenvalue weighted by atomic mass is 15.0. The molecule has 2 fully saturated rings. The Bertz CT molecular complexity index is 829. The summed E-state index contributed by atoms with van der Waals surface area (Å²) in [5, 5.41) is 8.08. The molecule has 2 aliphatic carbocycles. The molecule has 4 heteroatoms. The van der Waals surface area contributed by atoms with E-state index in [0.717, 1.165) is 52.3 Å². The van der Waals surface area contributed by atoms with Crippen LogP contribution in [0.15, 0.2) is 49.2 Å². The van der Waals surface area contributed by atoms with Crippen LogP contribution in [0.3, 0.4) is 0 Å². The first-order valence-corrected chi connectivity index (χ1v) is 10.2. The van der Waals surface area contributed by atoms with Crippen molar-refractivity contribution in [3.05, 3.63) is 49.2 Å². The van der Waals surface area contributed by atoms with Crippen molar-refractivity contribution in [1.29, 1.82) is 0 Å². The van der Waals surface area contributed by atoms with Crippen LogP contribution in [-0.4, -0.2) is 16.5 Å². The molecule has 4 rings (SSSR count). The highest BCUT2D eigenvalue weighted by Crippen LogP contribution is 2.52. The quantitative estimate of drug-likeness (QED) is 0.598. The number of anilines is 1. The summed E-state index contributed by atoms with van der Waals surface area (Å²) >= 11 is 0. The summed E-state index contributed by atoms with van der Waals surface area (Å²) < 4.78 is 0. The van der Waals surface area contributed by atoms with Gasteiger partial charge in [0.1, 0.15) is 0 Å². The summed E-state index contributed by atoms with van der Waals surface area (Å²) in [6.45, 7) is 14.3. The number of pyridine rings is 1. The van der Waals surface area contributed by atoms with Crippen LogP contribution in [0, 0.1) is 23.2 Å². The summed E-state index contributed by atoms with van der Waals surface area (Å²) in [7, 11) is 0. The first-order chi connectivity index (χ1) is 12.9. The van der Waals surface area contributed by atoms with Crippen molar-refractivity contribution in [3.8, 4) is 0 Å². The van der Waals surface area contributed by atoms with Crippen molar-refractivity contribution in [2.24, 2.45) is 23.2 Å². The Morgan fingerprint density at radius 3 is 2.67 bits per heavy atom. The molecular formula is C23H32N4. The fourth-order valence-electron chi connectivity index (χ4n) is 5.83. The lowest BCUT2D eigenvalue weighted by Crippen LogP contribution is -2.45. The summed E-state index contributed by atoms with van der Waals surface area (Å²) in [5.74, 6) is 2.59. The van der Waals surface area contributed by atoms with E-state index in [0.29, 0.717) is 5.41 Å². The predicted octanol–water partition coefficient (Wildman–Crippen LogP) is 5.44. The van der Waals surface area contributed by atoms with Crippen molar-refractivity contribution in [1.82, 2.24) is 15.3 Å². The molecule has 0 aromatic carbocycles. The topological polar surface area (TPSA) is 52.7 Å². The second-order valence-corrected chi connectivity index (χ2v) is 9.22. The minimum absolute atomic E-state index is 0.425. The van der Waals surface area contributed by atoms with Gasteiger partial charge in [0.25, 0.3) is 0 Å². The van der Waals surface area contributed by atoms with E-state index in [2.05, 4.69) is 47.6 Å². The van der Waals surface area contributed by atoms with Crippen molar-refractivity contribution < 1.29 is 0 Å². The molecule has 144 valence electrons. The van der Waals surface area contributed by atoms with Gasteiger partial charge in [0.05, 0.1) is 22.6 Å². The van der Waals surface area contributed by atoms with Crippen LogP contribution >= 0.6 is 0 Å². The van der Waals surface area contributed by atoms with E-state index in [4.69, 9.17) is 0 Å². The van der Waals surface area contributed by atoms with Crippen molar-refractivity contribution >= 4 is 16.6 Å². The van der Waals surface area contributed by atoms with Crippen LogP contribution in [0.25, 0.3) is 10.9 Å². The summed E-state index contributed by atoms with van der Waals surface area (Å²) in [5.41, 5.74) is 4.18. The summed E-state index contributed by atoms with van der Waals surface area (Å²) in [6.07, 6.45) is 12.5. The molecule has 0 amide bonds. The number of H-pyrrole nitrogens is 1. The van der Waals surface area contributed by atoms with Gasteiger partial charge in [-0.3, -0.25) is 4.98 Å². The normalized spacial score (nSPS) is 30.1. The van der Waals surface area contributed by atoms with E-state index in [1.807, 2.05) is 18.5 Å². The fourth-order valence-corrected chi connectivity index (χ4v) is 5.83. The Balaban J connectivity index is 1.39. The molecule has 2 aromatic heterocycles. The molecular weight excluding hydrogens is 332 g/mol. The van der Waals surface area contributed by atoms with Crippen LogP contribution in [0.4, 0.5) is 5.69 Å².